The largest absolute Gasteiger partial charge is 0.508 e. The van der Waals surface area contributed by atoms with Gasteiger partial charge in [-0.25, -0.2) is 0 Å². The molecule has 0 amide bonds. The molecule has 0 saturated carbocycles. The summed E-state index contributed by atoms with van der Waals surface area (Å²) in [6.45, 7) is 4.36. The molecule has 2 unspecified atom stereocenters. The summed E-state index contributed by atoms with van der Waals surface area (Å²) >= 11 is 1.72. The van der Waals surface area contributed by atoms with Crippen molar-refractivity contribution >= 4 is 11.8 Å². The fraction of sp³-hybridized carbons (Fsp3) is 0.217. The maximum atomic E-state index is 9.84. The van der Waals surface area contributed by atoms with Gasteiger partial charge in [0, 0.05) is 6.07 Å². The predicted octanol–water partition coefficient (Wildman–Crippen LogP) is 6.19. The van der Waals surface area contributed by atoms with Crippen molar-refractivity contribution < 1.29 is 14.9 Å². The van der Waals surface area contributed by atoms with Gasteiger partial charge >= 0.3 is 0 Å². The van der Waals surface area contributed by atoms with Gasteiger partial charge in [0.1, 0.15) is 23.4 Å². The number of phenols is 2. The summed E-state index contributed by atoms with van der Waals surface area (Å²) in [5.41, 5.74) is 3.48. The monoisotopic (exact) mass is 378 g/mol. The summed E-state index contributed by atoms with van der Waals surface area (Å²) in [7, 11) is 0. The van der Waals surface area contributed by atoms with E-state index in [1.165, 1.54) is 5.56 Å². The summed E-state index contributed by atoms with van der Waals surface area (Å²) in [6.07, 6.45) is -0.185. The predicted molar refractivity (Wildman–Crippen MR) is 109 cm³/mol. The molecular weight excluding hydrogens is 356 g/mol. The zero-order valence-electron chi connectivity index (χ0n) is 15.3. The van der Waals surface area contributed by atoms with Crippen LogP contribution >= 0.6 is 11.8 Å². The standard InChI is InChI=1S/C23H22O3S/c1-14(2)15-3-5-16(6-4-15)22-23(17-7-9-18(24)10-8-17)27-21-12-11-19(25)13-20(21)26-22/h3-14,22-25H,1-2H3. The van der Waals surface area contributed by atoms with E-state index in [0.717, 1.165) is 16.0 Å². The van der Waals surface area contributed by atoms with Crippen molar-refractivity contribution in [2.24, 2.45) is 0 Å². The third kappa shape index (κ3) is 3.62. The molecule has 3 aromatic rings. The van der Waals surface area contributed by atoms with E-state index in [9.17, 15) is 10.2 Å². The fourth-order valence-electron chi connectivity index (χ4n) is 3.30. The zero-order chi connectivity index (χ0) is 19.0. The fourth-order valence-corrected chi connectivity index (χ4v) is 4.58. The van der Waals surface area contributed by atoms with Crippen molar-refractivity contribution in [3.63, 3.8) is 0 Å². The number of thioether (sulfide) groups is 1. The van der Waals surface area contributed by atoms with Crippen LogP contribution < -0.4 is 4.74 Å². The number of ether oxygens (including phenoxy) is 1. The van der Waals surface area contributed by atoms with Crippen LogP contribution in [-0.4, -0.2) is 10.2 Å². The van der Waals surface area contributed by atoms with Crippen LogP contribution in [0.2, 0.25) is 0 Å². The zero-order valence-corrected chi connectivity index (χ0v) is 16.1. The topological polar surface area (TPSA) is 49.7 Å². The number of hydrogen-bond donors (Lipinski definition) is 2. The molecule has 3 aromatic carbocycles. The highest BCUT2D eigenvalue weighted by Crippen LogP contribution is 2.53. The highest BCUT2D eigenvalue weighted by Gasteiger charge is 2.33. The lowest BCUT2D eigenvalue weighted by Gasteiger charge is -2.34. The van der Waals surface area contributed by atoms with Crippen LogP contribution in [0.5, 0.6) is 17.2 Å². The molecule has 1 aliphatic rings. The van der Waals surface area contributed by atoms with Gasteiger partial charge in [-0.15, -0.1) is 11.8 Å². The van der Waals surface area contributed by atoms with Gasteiger partial charge in [0.2, 0.25) is 0 Å². The minimum absolute atomic E-state index is 0.0487. The molecule has 138 valence electrons. The molecule has 3 nitrogen and oxygen atoms in total. The summed E-state index contributed by atoms with van der Waals surface area (Å²) in [4.78, 5) is 1.00. The van der Waals surface area contributed by atoms with Crippen molar-refractivity contribution in [2.75, 3.05) is 0 Å². The number of hydrogen-bond acceptors (Lipinski definition) is 4. The molecule has 4 heteroatoms. The summed E-state index contributed by atoms with van der Waals surface area (Å²) < 4.78 is 6.35. The van der Waals surface area contributed by atoms with E-state index in [1.54, 1.807) is 36.0 Å². The van der Waals surface area contributed by atoms with Crippen LogP contribution in [0.15, 0.2) is 71.6 Å². The minimum Gasteiger partial charge on any atom is -0.508 e. The third-order valence-electron chi connectivity index (χ3n) is 4.86. The molecule has 4 rings (SSSR count). The Kier molecular flexibility index (Phi) is 4.75. The van der Waals surface area contributed by atoms with Gasteiger partial charge in [-0.05, 0) is 46.9 Å². The second-order valence-electron chi connectivity index (χ2n) is 7.12. The summed E-state index contributed by atoms with van der Waals surface area (Å²) in [5.74, 6) is 1.63. The van der Waals surface area contributed by atoms with E-state index in [-0.39, 0.29) is 22.9 Å². The SMILES string of the molecule is CC(C)c1ccc(C2Oc3cc(O)ccc3SC2c2ccc(O)cc2)cc1. The first-order valence-electron chi connectivity index (χ1n) is 9.06. The van der Waals surface area contributed by atoms with Crippen molar-refractivity contribution in [3.05, 3.63) is 83.4 Å². The lowest BCUT2D eigenvalue weighted by Crippen LogP contribution is -2.19. The van der Waals surface area contributed by atoms with Crippen LogP contribution in [-0.2, 0) is 0 Å². The molecule has 0 spiro atoms. The van der Waals surface area contributed by atoms with E-state index in [0.29, 0.717) is 11.7 Å². The minimum atomic E-state index is -0.185. The number of benzene rings is 3. The molecule has 27 heavy (non-hydrogen) atoms. The summed E-state index contributed by atoms with van der Waals surface area (Å²) in [6, 6.07) is 21.1. The van der Waals surface area contributed by atoms with Gasteiger partial charge in [0.05, 0.1) is 10.1 Å². The van der Waals surface area contributed by atoms with Crippen LogP contribution in [0.3, 0.4) is 0 Å². The van der Waals surface area contributed by atoms with E-state index in [1.807, 2.05) is 18.2 Å². The Morgan fingerprint density at radius 1 is 0.815 bits per heavy atom. The van der Waals surface area contributed by atoms with Gasteiger partial charge in [0.15, 0.2) is 0 Å². The Balaban J connectivity index is 1.75. The molecule has 0 bridgehead atoms. The normalized spacial score (nSPS) is 18.8. The Morgan fingerprint density at radius 2 is 1.44 bits per heavy atom. The van der Waals surface area contributed by atoms with Crippen molar-refractivity contribution in [2.45, 2.75) is 36.0 Å². The molecule has 0 aliphatic carbocycles. The van der Waals surface area contributed by atoms with E-state index in [4.69, 9.17) is 4.74 Å². The maximum Gasteiger partial charge on any atom is 0.140 e. The molecular formula is C23H22O3S. The van der Waals surface area contributed by atoms with Gasteiger partial charge in [-0.3, -0.25) is 0 Å². The van der Waals surface area contributed by atoms with Crippen molar-refractivity contribution in [1.82, 2.24) is 0 Å². The van der Waals surface area contributed by atoms with Gasteiger partial charge in [-0.2, -0.15) is 0 Å². The number of aromatic hydroxyl groups is 2. The first kappa shape index (κ1) is 17.8. The quantitative estimate of drug-likeness (QED) is 0.571. The Morgan fingerprint density at radius 3 is 2.11 bits per heavy atom. The molecule has 2 N–H and O–H groups in total. The third-order valence-corrected chi connectivity index (χ3v) is 6.23. The van der Waals surface area contributed by atoms with E-state index < -0.39 is 0 Å². The number of rotatable bonds is 3. The first-order chi connectivity index (χ1) is 13.0. The highest BCUT2D eigenvalue weighted by atomic mass is 32.2. The second-order valence-corrected chi connectivity index (χ2v) is 8.30. The first-order valence-corrected chi connectivity index (χ1v) is 9.94. The van der Waals surface area contributed by atoms with Crippen molar-refractivity contribution in [3.8, 4) is 17.2 Å². The lowest BCUT2D eigenvalue weighted by molar-refractivity contribution is 0.190. The molecule has 1 heterocycles. The van der Waals surface area contributed by atoms with Crippen LogP contribution in [0.1, 0.15) is 47.8 Å². The van der Waals surface area contributed by atoms with Gasteiger partial charge in [0.25, 0.3) is 0 Å². The second kappa shape index (κ2) is 7.20. The molecule has 2 atom stereocenters. The van der Waals surface area contributed by atoms with Gasteiger partial charge < -0.3 is 14.9 Å². The molecule has 0 saturated heterocycles. The average Bonchev–Trinajstić information content (AvgIpc) is 2.67. The maximum absolute atomic E-state index is 9.84. The van der Waals surface area contributed by atoms with Gasteiger partial charge in [-0.1, -0.05) is 50.2 Å². The number of phenolic OH excluding ortho intramolecular Hbond substituents is 2. The molecule has 0 radical (unpaired) electrons. The Labute approximate surface area is 163 Å². The van der Waals surface area contributed by atoms with E-state index >= 15 is 0 Å². The lowest BCUT2D eigenvalue weighted by atomic mass is 9.96. The molecule has 1 aliphatic heterocycles. The number of fused-ring (bicyclic) bond motifs is 1. The van der Waals surface area contributed by atoms with Crippen LogP contribution in [0, 0.1) is 0 Å². The molecule has 0 fully saturated rings. The van der Waals surface area contributed by atoms with Crippen LogP contribution in [0.4, 0.5) is 0 Å². The average molecular weight is 378 g/mol. The summed E-state index contributed by atoms with van der Waals surface area (Å²) in [5, 5.41) is 19.5. The Bertz CT molecular complexity index is 933. The Hall–Kier alpha value is -2.59. The van der Waals surface area contributed by atoms with Crippen LogP contribution in [0.25, 0.3) is 0 Å². The highest BCUT2D eigenvalue weighted by molar-refractivity contribution is 7.99. The smallest absolute Gasteiger partial charge is 0.140 e. The van der Waals surface area contributed by atoms with Crippen molar-refractivity contribution in [1.29, 1.82) is 0 Å². The molecule has 0 aromatic heterocycles. The van der Waals surface area contributed by atoms with E-state index in [2.05, 4.69) is 38.1 Å².